The van der Waals surface area contributed by atoms with Gasteiger partial charge in [-0.3, -0.25) is 14.4 Å². The van der Waals surface area contributed by atoms with Crippen molar-refractivity contribution in [2.24, 2.45) is 0 Å². The Kier molecular flexibility index (Phi) is 7.86. The maximum Gasteiger partial charge on any atom is 0.259 e. The lowest BCUT2D eigenvalue weighted by Crippen LogP contribution is -2.28. The van der Waals surface area contributed by atoms with Crippen molar-refractivity contribution in [3.63, 3.8) is 0 Å². The Bertz CT molecular complexity index is 1040. The first-order chi connectivity index (χ1) is 14.3. The lowest BCUT2D eigenvalue weighted by atomic mass is 10.1. The topological polar surface area (TPSA) is 78.5 Å². The van der Waals surface area contributed by atoms with Crippen molar-refractivity contribution in [3.8, 4) is 0 Å². The van der Waals surface area contributed by atoms with E-state index in [4.69, 9.17) is 34.8 Å². The predicted molar refractivity (Wildman–Crippen MR) is 118 cm³/mol. The Morgan fingerprint density at radius 2 is 1.74 bits per heavy atom. The molecule has 0 saturated carbocycles. The number of amides is 3. The van der Waals surface area contributed by atoms with Crippen LogP contribution in [-0.2, 0) is 9.59 Å². The van der Waals surface area contributed by atoms with Gasteiger partial charge in [-0.2, -0.15) is 0 Å². The van der Waals surface area contributed by atoms with Gasteiger partial charge in [-0.15, -0.1) is 23.2 Å². The Morgan fingerprint density at radius 3 is 2.32 bits per heavy atom. The Morgan fingerprint density at radius 1 is 1.10 bits per heavy atom. The number of carbonyl (C=O) groups excluding carboxylic acids is 3. The summed E-state index contributed by atoms with van der Waals surface area (Å²) < 4.78 is 27.4. The number of rotatable bonds is 6. The molecule has 0 unspecified atom stereocenters. The van der Waals surface area contributed by atoms with Crippen LogP contribution in [0, 0.1) is 11.6 Å². The van der Waals surface area contributed by atoms with Gasteiger partial charge in [0, 0.05) is 19.7 Å². The smallest absolute Gasteiger partial charge is 0.259 e. The molecule has 2 N–H and O–H groups in total. The molecule has 166 valence electrons. The highest BCUT2D eigenvalue weighted by Gasteiger charge is 2.24. The zero-order chi connectivity index (χ0) is 23.5. The standard InChI is InChI=1S/C20H18Cl3F2N3O3/c1-10(29)26-18-14(24)6-7-15(17(18)25)28(3)19(31)12-8-11(4-5-13(12)21)27-16(30)9-20(2,22)23/h4-8H,9H2,1-3H3,(H,26,29)(H,27,30). The number of hydrogen-bond acceptors (Lipinski definition) is 3. The Balaban J connectivity index is 2.34. The molecule has 0 saturated heterocycles. The van der Waals surface area contributed by atoms with Crippen LogP contribution in [0.25, 0.3) is 0 Å². The molecule has 0 aliphatic carbocycles. The normalized spacial score (nSPS) is 11.1. The minimum atomic E-state index is -1.28. The average Bonchev–Trinajstić information content (AvgIpc) is 2.64. The molecular weight excluding hydrogens is 475 g/mol. The molecule has 0 spiro atoms. The van der Waals surface area contributed by atoms with Crippen molar-refractivity contribution in [1.82, 2.24) is 0 Å². The third-order valence-electron chi connectivity index (χ3n) is 3.99. The summed E-state index contributed by atoms with van der Waals surface area (Å²) in [6.07, 6.45) is -0.200. The second-order valence-corrected chi connectivity index (χ2v) is 9.06. The third-order valence-corrected chi connectivity index (χ3v) is 4.59. The molecule has 11 heteroatoms. The van der Waals surface area contributed by atoms with Crippen molar-refractivity contribution >= 4 is 69.6 Å². The van der Waals surface area contributed by atoms with E-state index in [1.54, 1.807) is 0 Å². The van der Waals surface area contributed by atoms with Crippen molar-refractivity contribution in [2.75, 3.05) is 22.6 Å². The SMILES string of the molecule is CC(=O)Nc1c(F)ccc(N(C)C(=O)c2cc(NC(=O)CC(C)(Cl)Cl)ccc2Cl)c1F. The molecule has 2 aromatic rings. The number of nitrogens with zero attached hydrogens (tertiary/aromatic N) is 1. The van der Waals surface area contributed by atoms with Crippen LogP contribution in [0.1, 0.15) is 30.6 Å². The summed E-state index contributed by atoms with van der Waals surface area (Å²) in [5, 5.41) is 4.64. The van der Waals surface area contributed by atoms with Crippen LogP contribution in [0.5, 0.6) is 0 Å². The summed E-state index contributed by atoms with van der Waals surface area (Å²) in [5.41, 5.74) is -0.781. The molecule has 0 heterocycles. The van der Waals surface area contributed by atoms with Crippen LogP contribution in [-0.4, -0.2) is 29.1 Å². The first-order valence-electron chi connectivity index (χ1n) is 8.81. The molecule has 0 atom stereocenters. The van der Waals surface area contributed by atoms with Crippen LogP contribution in [0.2, 0.25) is 5.02 Å². The summed E-state index contributed by atoms with van der Waals surface area (Å²) in [6.45, 7) is 2.55. The van der Waals surface area contributed by atoms with E-state index in [9.17, 15) is 23.2 Å². The van der Waals surface area contributed by atoms with Crippen LogP contribution >= 0.6 is 34.8 Å². The summed E-state index contributed by atoms with van der Waals surface area (Å²) in [5.74, 6) is -4.04. The highest BCUT2D eigenvalue weighted by atomic mass is 35.5. The maximum atomic E-state index is 14.8. The summed E-state index contributed by atoms with van der Waals surface area (Å²) in [6, 6.07) is 6.11. The molecule has 0 aromatic heterocycles. The summed E-state index contributed by atoms with van der Waals surface area (Å²) in [4.78, 5) is 37.1. The van der Waals surface area contributed by atoms with Gasteiger partial charge in [0.15, 0.2) is 5.82 Å². The molecule has 2 rings (SSSR count). The highest BCUT2D eigenvalue weighted by molar-refractivity contribution is 6.49. The molecule has 2 aromatic carbocycles. The quantitative estimate of drug-likeness (QED) is 0.532. The molecule has 3 amide bonds. The van der Waals surface area contributed by atoms with E-state index in [1.165, 1.54) is 32.2 Å². The second kappa shape index (κ2) is 9.80. The number of halogens is 5. The van der Waals surface area contributed by atoms with Crippen molar-refractivity contribution in [3.05, 3.63) is 52.6 Å². The minimum absolute atomic E-state index is 0.0407. The van der Waals surface area contributed by atoms with Gasteiger partial charge >= 0.3 is 0 Å². The summed E-state index contributed by atoms with van der Waals surface area (Å²) in [7, 11) is 1.25. The molecule has 0 aliphatic heterocycles. The lowest BCUT2D eigenvalue weighted by molar-refractivity contribution is -0.116. The zero-order valence-corrected chi connectivity index (χ0v) is 18.9. The van der Waals surface area contributed by atoms with Gasteiger partial charge < -0.3 is 15.5 Å². The van der Waals surface area contributed by atoms with E-state index in [0.29, 0.717) is 0 Å². The second-order valence-electron chi connectivity index (χ2n) is 6.79. The molecule has 0 fully saturated rings. The van der Waals surface area contributed by atoms with E-state index in [-0.39, 0.29) is 28.4 Å². The Hall–Kier alpha value is -2.42. The van der Waals surface area contributed by atoms with E-state index in [2.05, 4.69) is 10.6 Å². The monoisotopic (exact) mass is 491 g/mol. The molecule has 6 nitrogen and oxygen atoms in total. The van der Waals surface area contributed by atoms with Gasteiger partial charge in [-0.25, -0.2) is 8.78 Å². The van der Waals surface area contributed by atoms with E-state index < -0.39 is 39.4 Å². The van der Waals surface area contributed by atoms with Gasteiger partial charge in [0.05, 0.1) is 22.7 Å². The number of benzene rings is 2. The van der Waals surface area contributed by atoms with Crippen molar-refractivity contribution in [2.45, 2.75) is 24.6 Å². The predicted octanol–water partition coefficient (Wildman–Crippen LogP) is 5.38. The van der Waals surface area contributed by atoms with Crippen molar-refractivity contribution in [1.29, 1.82) is 0 Å². The number of anilines is 3. The molecule has 31 heavy (non-hydrogen) atoms. The van der Waals surface area contributed by atoms with Gasteiger partial charge in [0.25, 0.3) is 5.91 Å². The van der Waals surface area contributed by atoms with Crippen LogP contribution in [0.15, 0.2) is 30.3 Å². The minimum Gasteiger partial charge on any atom is -0.326 e. The van der Waals surface area contributed by atoms with Gasteiger partial charge in [-0.05, 0) is 37.3 Å². The van der Waals surface area contributed by atoms with Gasteiger partial charge in [-0.1, -0.05) is 11.6 Å². The van der Waals surface area contributed by atoms with Gasteiger partial charge in [0.1, 0.15) is 15.8 Å². The largest absolute Gasteiger partial charge is 0.326 e. The number of hydrogen-bond donors (Lipinski definition) is 2. The molecule has 0 aliphatic rings. The van der Waals surface area contributed by atoms with E-state index >= 15 is 0 Å². The van der Waals surface area contributed by atoms with E-state index in [1.807, 2.05) is 0 Å². The molecule has 0 radical (unpaired) electrons. The zero-order valence-electron chi connectivity index (χ0n) is 16.7. The van der Waals surface area contributed by atoms with Crippen LogP contribution < -0.4 is 15.5 Å². The third kappa shape index (κ3) is 6.53. The number of carbonyl (C=O) groups is 3. The lowest BCUT2D eigenvalue weighted by Gasteiger charge is -2.21. The fourth-order valence-electron chi connectivity index (χ4n) is 2.64. The Labute approximate surface area is 192 Å². The van der Waals surface area contributed by atoms with Gasteiger partial charge in [0.2, 0.25) is 11.8 Å². The first-order valence-corrected chi connectivity index (χ1v) is 9.94. The molecular formula is C20H18Cl3F2N3O3. The fraction of sp³-hybridized carbons (Fsp3) is 0.250. The molecule has 0 bridgehead atoms. The summed E-state index contributed by atoms with van der Waals surface area (Å²) >= 11 is 17.7. The van der Waals surface area contributed by atoms with Crippen LogP contribution in [0.3, 0.4) is 0 Å². The number of nitrogens with one attached hydrogen (secondary N) is 2. The maximum absolute atomic E-state index is 14.8. The highest BCUT2D eigenvalue weighted by Crippen LogP contribution is 2.31. The average molecular weight is 493 g/mol. The fourth-order valence-corrected chi connectivity index (χ4v) is 3.08. The number of alkyl halides is 2. The van der Waals surface area contributed by atoms with Crippen LogP contribution in [0.4, 0.5) is 25.8 Å². The van der Waals surface area contributed by atoms with Crippen molar-refractivity contribution < 1.29 is 23.2 Å². The van der Waals surface area contributed by atoms with E-state index in [0.717, 1.165) is 24.0 Å². The first kappa shape index (κ1) is 24.8.